The Morgan fingerprint density at radius 2 is 1.80 bits per heavy atom. The second-order valence-corrected chi connectivity index (χ2v) is 7.36. The summed E-state index contributed by atoms with van der Waals surface area (Å²) in [5.41, 5.74) is 0.693. The van der Waals surface area contributed by atoms with Gasteiger partial charge in [0.1, 0.15) is 0 Å². The first-order chi connectivity index (χ1) is 9.38. The van der Waals surface area contributed by atoms with Crippen LogP contribution in [0.1, 0.15) is 12.5 Å². The fraction of sp³-hybridized carbons (Fsp3) is 0.462. The van der Waals surface area contributed by atoms with Crippen LogP contribution in [0, 0.1) is 0 Å². The van der Waals surface area contributed by atoms with Gasteiger partial charge in [0.2, 0.25) is 5.91 Å². The summed E-state index contributed by atoms with van der Waals surface area (Å²) in [4.78, 5) is 15.3. The fourth-order valence-electron chi connectivity index (χ4n) is 2.33. The molecule has 0 atom stereocenters. The Labute approximate surface area is 123 Å². The van der Waals surface area contributed by atoms with E-state index >= 15 is 0 Å². The van der Waals surface area contributed by atoms with Crippen molar-refractivity contribution in [2.75, 3.05) is 26.2 Å². The molecule has 0 unspecified atom stereocenters. The normalized spacial score (nSPS) is 17.2. The van der Waals surface area contributed by atoms with E-state index in [1.807, 2.05) is 0 Å². The SMILES string of the molecule is CC(=O)N1CCN(Cc2ccccc2S(=O)(=O)Cl)CC1. The van der Waals surface area contributed by atoms with Crippen molar-refractivity contribution >= 4 is 25.6 Å². The van der Waals surface area contributed by atoms with Crippen LogP contribution in [-0.4, -0.2) is 50.3 Å². The van der Waals surface area contributed by atoms with Crippen molar-refractivity contribution < 1.29 is 13.2 Å². The lowest BCUT2D eigenvalue weighted by Gasteiger charge is -2.34. The molecule has 110 valence electrons. The summed E-state index contributed by atoms with van der Waals surface area (Å²) in [6.07, 6.45) is 0. The van der Waals surface area contributed by atoms with E-state index < -0.39 is 9.05 Å². The molecule has 1 aromatic carbocycles. The molecule has 1 aliphatic heterocycles. The zero-order chi connectivity index (χ0) is 14.8. The van der Waals surface area contributed by atoms with Gasteiger partial charge < -0.3 is 4.90 Å². The number of hydrogen-bond acceptors (Lipinski definition) is 4. The average Bonchev–Trinajstić information content (AvgIpc) is 2.38. The molecule has 0 spiro atoms. The van der Waals surface area contributed by atoms with Gasteiger partial charge in [-0.3, -0.25) is 9.69 Å². The maximum absolute atomic E-state index is 11.5. The van der Waals surface area contributed by atoms with Gasteiger partial charge in [0.15, 0.2) is 0 Å². The Morgan fingerprint density at radius 1 is 1.20 bits per heavy atom. The van der Waals surface area contributed by atoms with Crippen molar-refractivity contribution in [3.63, 3.8) is 0 Å². The Hall–Kier alpha value is -1.11. The maximum atomic E-state index is 11.5. The standard InChI is InChI=1S/C13H17ClN2O3S/c1-11(17)16-8-6-15(7-9-16)10-12-4-2-3-5-13(12)20(14,18)19/h2-5H,6-10H2,1H3. The van der Waals surface area contributed by atoms with Crippen molar-refractivity contribution in [1.82, 2.24) is 9.80 Å². The maximum Gasteiger partial charge on any atom is 0.261 e. The lowest BCUT2D eigenvalue weighted by atomic mass is 10.2. The molecule has 20 heavy (non-hydrogen) atoms. The number of halogens is 1. The molecule has 1 saturated heterocycles. The van der Waals surface area contributed by atoms with E-state index in [4.69, 9.17) is 10.7 Å². The third kappa shape index (κ3) is 3.71. The third-order valence-corrected chi connectivity index (χ3v) is 4.87. The van der Waals surface area contributed by atoms with Crippen molar-refractivity contribution in [1.29, 1.82) is 0 Å². The molecule has 7 heteroatoms. The van der Waals surface area contributed by atoms with Gasteiger partial charge in [0, 0.05) is 50.3 Å². The van der Waals surface area contributed by atoms with Gasteiger partial charge in [-0.25, -0.2) is 8.42 Å². The van der Waals surface area contributed by atoms with E-state index in [1.165, 1.54) is 6.07 Å². The van der Waals surface area contributed by atoms with Crippen molar-refractivity contribution in [2.45, 2.75) is 18.4 Å². The number of carbonyl (C=O) groups is 1. The molecular formula is C13H17ClN2O3S. The summed E-state index contributed by atoms with van der Waals surface area (Å²) in [5, 5.41) is 0. The minimum Gasteiger partial charge on any atom is -0.340 e. The highest BCUT2D eigenvalue weighted by Crippen LogP contribution is 2.21. The van der Waals surface area contributed by atoms with Crippen LogP contribution in [0.15, 0.2) is 29.2 Å². The van der Waals surface area contributed by atoms with Gasteiger partial charge in [-0.1, -0.05) is 18.2 Å². The summed E-state index contributed by atoms with van der Waals surface area (Å²) in [6.45, 7) is 4.89. The highest BCUT2D eigenvalue weighted by molar-refractivity contribution is 8.13. The molecule has 1 fully saturated rings. The number of carbonyl (C=O) groups excluding carboxylic acids is 1. The van der Waals surface area contributed by atoms with Gasteiger partial charge >= 0.3 is 0 Å². The van der Waals surface area contributed by atoms with Crippen LogP contribution in [0.5, 0.6) is 0 Å². The van der Waals surface area contributed by atoms with Crippen LogP contribution in [0.25, 0.3) is 0 Å². The molecule has 0 aliphatic carbocycles. The molecule has 0 N–H and O–H groups in total. The molecule has 0 radical (unpaired) electrons. The summed E-state index contributed by atoms with van der Waals surface area (Å²) in [6, 6.07) is 6.75. The van der Waals surface area contributed by atoms with Crippen LogP contribution in [0.4, 0.5) is 0 Å². The minimum atomic E-state index is -3.73. The lowest BCUT2D eigenvalue weighted by Crippen LogP contribution is -2.47. The number of hydrogen-bond donors (Lipinski definition) is 0. The van der Waals surface area contributed by atoms with E-state index in [1.54, 1.807) is 30.0 Å². The quantitative estimate of drug-likeness (QED) is 0.788. The Morgan fingerprint density at radius 3 is 2.35 bits per heavy atom. The topological polar surface area (TPSA) is 57.7 Å². The summed E-state index contributed by atoms with van der Waals surface area (Å²) in [5.74, 6) is 0.0772. The lowest BCUT2D eigenvalue weighted by molar-refractivity contribution is -0.130. The summed E-state index contributed by atoms with van der Waals surface area (Å²) < 4.78 is 23.1. The minimum absolute atomic E-state index is 0.0772. The molecule has 5 nitrogen and oxygen atoms in total. The van der Waals surface area contributed by atoms with Gasteiger partial charge in [-0.2, -0.15) is 0 Å². The van der Waals surface area contributed by atoms with Crippen molar-refractivity contribution in [2.24, 2.45) is 0 Å². The molecule has 1 aromatic rings. The molecular weight excluding hydrogens is 300 g/mol. The predicted molar refractivity (Wildman–Crippen MR) is 77.0 cm³/mol. The van der Waals surface area contributed by atoms with Crippen LogP contribution in [0.3, 0.4) is 0 Å². The van der Waals surface area contributed by atoms with Crippen LogP contribution >= 0.6 is 10.7 Å². The van der Waals surface area contributed by atoms with E-state index in [0.717, 1.165) is 13.1 Å². The monoisotopic (exact) mass is 316 g/mol. The molecule has 0 aromatic heterocycles. The Balaban J connectivity index is 2.07. The second-order valence-electron chi connectivity index (χ2n) is 4.83. The summed E-state index contributed by atoms with van der Waals surface area (Å²) >= 11 is 0. The van der Waals surface area contributed by atoms with E-state index in [2.05, 4.69) is 4.90 Å². The zero-order valence-electron chi connectivity index (χ0n) is 11.3. The number of rotatable bonds is 3. The van der Waals surface area contributed by atoms with E-state index in [9.17, 15) is 13.2 Å². The van der Waals surface area contributed by atoms with Gasteiger partial charge in [-0.15, -0.1) is 0 Å². The average molecular weight is 317 g/mol. The first-order valence-corrected chi connectivity index (χ1v) is 8.69. The number of nitrogens with zero attached hydrogens (tertiary/aromatic N) is 2. The molecule has 1 heterocycles. The molecule has 1 aliphatic rings. The van der Waals surface area contributed by atoms with E-state index in [-0.39, 0.29) is 10.8 Å². The van der Waals surface area contributed by atoms with Crippen LogP contribution in [-0.2, 0) is 20.4 Å². The number of benzene rings is 1. The number of piperazine rings is 1. The molecule has 2 rings (SSSR count). The third-order valence-electron chi connectivity index (χ3n) is 3.45. The summed E-state index contributed by atoms with van der Waals surface area (Å²) in [7, 11) is 1.72. The van der Waals surface area contributed by atoms with E-state index in [0.29, 0.717) is 25.2 Å². The first-order valence-electron chi connectivity index (χ1n) is 6.38. The van der Waals surface area contributed by atoms with Gasteiger partial charge in [0.05, 0.1) is 4.90 Å². The van der Waals surface area contributed by atoms with Crippen LogP contribution < -0.4 is 0 Å². The molecule has 1 amide bonds. The van der Waals surface area contributed by atoms with Crippen LogP contribution in [0.2, 0.25) is 0 Å². The Kier molecular flexibility index (Phi) is 4.67. The molecule has 0 bridgehead atoms. The highest BCUT2D eigenvalue weighted by Gasteiger charge is 2.21. The van der Waals surface area contributed by atoms with Crippen molar-refractivity contribution in [3.8, 4) is 0 Å². The van der Waals surface area contributed by atoms with Crippen molar-refractivity contribution in [3.05, 3.63) is 29.8 Å². The van der Waals surface area contributed by atoms with Gasteiger partial charge in [-0.05, 0) is 11.6 Å². The second kappa shape index (κ2) is 6.11. The smallest absolute Gasteiger partial charge is 0.261 e. The predicted octanol–water partition coefficient (Wildman–Crippen LogP) is 1.28. The first kappa shape index (κ1) is 15.3. The number of amides is 1. The fourth-order valence-corrected chi connectivity index (χ4v) is 3.47. The highest BCUT2D eigenvalue weighted by atomic mass is 35.7. The zero-order valence-corrected chi connectivity index (χ0v) is 12.8. The Bertz CT molecular complexity index is 595. The van der Waals surface area contributed by atoms with Gasteiger partial charge in [0.25, 0.3) is 9.05 Å². The largest absolute Gasteiger partial charge is 0.340 e. The molecule has 0 saturated carbocycles.